The van der Waals surface area contributed by atoms with Crippen LogP contribution in [0.4, 0.5) is 10.1 Å². The van der Waals surface area contributed by atoms with Crippen molar-refractivity contribution >= 4 is 23.5 Å². The average Bonchev–Trinajstić information content (AvgIpc) is 3.02. The Morgan fingerprint density at radius 1 is 0.651 bits per heavy atom. The van der Waals surface area contributed by atoms with Gasteiger partial charge in [-0.1, -0.05) is 66.2 Å². The van der Waals surface area contributed by atoms with E-state index in [0.29, 0.717) is 28.1 Å². The Morgan fingerprint density at radius 2 is 1.21 bits per heavy atom. The molecule has 7 heteroatoms. The summed E-state index contributed by atoms with van der Waals surface area (Å²) in [4.78, 5) is 37.5. The zero-order chi connectivity index (χ0) is 30.2. The standard InChI is InChI=1S/C36H29FN2O4/c1-24-2-8-27(9-3-24)28-10-12-30(13-11-28)36(42)43-33-20-6-26(7-21-33)23-38-35(41)29-14-18-32(19-15-29)39-34(40)22-25-4-16-31(37)17-5-25/h2-21H,22-23H2,1H3,(H,38,41)(H,39,40). The van der Waals surface area contributed by atoms with E-state index < -0.39 is 5.97 Å². The van der Waals surface area contributed by atoms with Crippen LogP contribution in [0, 0.1) is 12.7 Å². The second-order valence-corrected chi connectivity index (χ2v) is 10.1. The topological polar surface area (TPSA) is 84.5 Å². The summed E-state index contributed by atoms with van der Waals surface area (Å²) in [5.41, 5.74) is 6.26. The van der Waals surface area contributed by atoms with Crippen LogP contribution in [0.2, 0.25) is 0 Å². The molecule has 0 heterocycles. The van der Waals surface area contributed by atoms with Gasteiger partial charge in [0.1, 0.15) is 11.6 Å². The number of amides is 2. The largest absolute Gasteiger partial charge is 0.423 e. The smallest absolute Gasteiger partial charge is 0.343 e. The molecule has 2 N–H and O–H groups in total. The molecule has 43 heavy (non-hydrogen) atoms. The summed E-state index contributed by atoms with van der Waals surface area (Å²) in [6.45, 7) is 2.32. The molecule has 214 valence electrons. The molecule has 0 atom stereocenters. The average molecular weight is 573 g/mol. The van der Waals surface area contributed by atoms with Crippen molar-refractivity contribution in [2.24, 2.45) is 0 Å². The summed E-state index contributed by atoms with van der Waals surface area (Å²) in [5, 5.41) is 5.62. The highest BCUT2D eigenvalue weighted by Gasteiger charge is 2.11. The molecule has 0 aromatic heterocycles. The molecule has 0 saturated carbocycles. The zero-order valence-electron chi connectivity index (χ0n) is 23.5. The molecular weight excluding hydrogens is 543 g/mol. The van der Waals surface area contributed by atoms with Gasteiger partial charge in [-0.15, -0.1) is 0 Å². The number of carbonyl (C=O) groups is 3. The third-order valence-electron chi connectivity index (χ3n) is 6.80. The Kier molecular flexibility index (Phi) is 9.02. The van der Waals surface area contributed by atoms with Gasteiger partial charge in [0, 0.05) is 17.8 Å². The zero-order valence-corrected chi connectivity index (χ0v) is 23.5. The fourth-order valence-electron chi connectivity index (χ4n) is 4.37. The first-order chi connectivity index (χ1) is 20.8. The summed E-state index contributed by atoms with van der Waals surface area (Å²) < 4.78 is 18.6. The lowest BCUT2D eigenvalue weighted by atomic mass is 10.0. The number of halogens is 1. The Morgan fingerprint density at radius 3 is 1.84 bits per heavy atom. The Balaban J connectivity index is 1.08. The first kappa shape index (κ1) is 29.0. The minimum absolute atomic E-state index is 0.113. The van der Waals surface area contributed by atoms with Crippen molar-refractivity contribution in [1.29, 1.82) is 0 Å². The van der Waals surface area contributed by atoms with Crippen LogP contribution in [-0.2, 0) is 17.8 Å². The van der Waals surface area contributed by atoms with Crippen LogP contribution < -0.4 is 15.4 Å². The number of ether oxygens (including phenoxy) is 1. The third-order valence-corrected chi connectivity index (χ3v) is 6.80. The molecule has 0 radical (unpaired) electrons. The van der Waals surface area contributed by atoms with E-state index >= 15 is 0 Å². The molecule has 0 aliphatic rings. The van der Waals surface area contributed by atoms with Crippen LogP contribution >= 0.6 is 0 Å². The van der Waals surface area contributed by atoms with E-state index in [1.54, 1.807) is 72.8 Å². The van der Waals surface area contributed by atoms with Gasteiger partial charge in [-0.3, -0.25) is 9.59 Å². The lowest BCUT2D eigenvalue weighted by Crippen LogP contribution is -2.22. The summed E-state index contributed by atoms with van der Waals surface area (Å²) >= 11 is 0. The number of hydrogen-bond acceptors (Lipinski definition) is 4. The van der Waals surface area contributed by atoms with Crippen LogP contribution in [0.25, 0.3) is 11.1 Å². The number of aryl methyl sites for hydroxylation is 1. The molecule has 5 aromatic carbocycles. The van der Waals surface area contributed by atoms with Gasteiger partial charge >= 0.3 is 5.97 Å². The lowest BCUT2D eigenvalue weighted by molar-refractivity contribution is -0.115. The number of nitrogens with one attached hydrogen (secondary N) is 2. The fraction of sp³-hybridized carbons (Fsp3) is 0.0833. The highest BCUT2D eigenvalue weighted by molar-refractivity contribution is 5.96. The van der Waals surface area contributed by atoms with Gasteiger partial charge in [-0.05, 0) is 89.8 Å². The van der Waals surface area contributed by atoms with Gasteiger partial charge in [0.25, 0.3) is 5.91 Å². The Hall–Kier alpha value is -5.56. The Labute approximate surface area is 249 Å². The summed E-state index contributed by atoms with van der Waals surface area (Å²) in [6, 6.07) is 34.7. The first-order valence-corrected chi connectivity index (χ1v) is 13.7. The molecule has 6 nitrogen and oxygen atoms in total. The molecule has 0 saturated heterocycles. The number of hydrogen-bond donors (Lipinski definition) is 2. The van der Waals surface area contributed by atoms with Gasteiger partial charge in [-0.2, -0.15) is 0 Å². The molecule has 5 aromatic rings. The molecule has 0 unspecified atom stereocenters. The van der Waals surface area contributed by atoms with Crippen LogP contribution in [0.5, 0.6) is 5.75 Å². The highest BCUT2D eigenvalue weighted by Crippen LogP contribution is 2.21. The molecule has 2 amide bonds. The van der Waals surface area contributed by atoms with Crippen molar-refractivity contribution < 1.29 is 23.5 Å². The maximum Gasteiger partial charge on any atom is 0.343 e. The fourth-order valence-corrected chi connectivity index (χ4v) is 4.37. The van der Waals surface area contributed by atoms with Gasteiger partial charge in [0.2, 0.25) is 5.91 Å². The van der Waals surface area contributed by atoms with Gasteiger partial charge in [0.15, 0.2) is 0 Å². The monoisotopic (exact) mass is 572 g/mol. The molecule has 0 aliphatic heterocycles. The van der Waals surface area contributed by atoms with Crippen molar-refractivity contribution in [3.05, 3.63) is 155 Å². The van der Waals surface area contributed by atoms with Crippen LogP contribution in [0.3, 0.4) is 0 Å². The number of rotatable bonds is 9. The second-order valence-electron chi connectivity index (χ2n) is 10.1. The predicted molar refractivity (Wildman–Crippen MR) is 164 cm³/mol. The summed E-state index contributed by atoms with van der Waals surface area (Å²) in [5.74, 6) is -0.915. The molecule has 5 rings (SSSR count). The van der Waals surface area contributed by atoms with E-state index in [2.05, 4.69) is 10.6 Å². The first-order valence-electron chi connectivity index (χ1n) is 13.7. The highest BCUT2D eigenvalue weighted by atomic mass is 19.1. The predicted octanol–water partition coefficient (Wildman–Crippen LogP) is 7.13. The normalized spacial score (nSPS) is 10.6. The van der Waals surface area contributed by atoms with Crippen LogP contribution in [0.1, 0.15) is 37.4 Å². The molecule has 0 fully saturated rings. The molecular formula is C36H29FN2O4. The van der Waals surface area contributed by atoms with E-state index in [4.69, 9.17) is 4.74 Å². The summed E-state index contributed by atoms with van der Waals surface area (Å²) in [7, 11) is 0. The molecule has 0 bridgehead atoms. The number of benzene rings is 5. The minimum atomic E-state index is -0.452. The van der Waals surface area contributed by atoms with E-state index in [1.165, 1.54) is 17.7 Å². The van der Waals surface area contributed by atoms with Crippen molar-refractivity contribution in [3.8, 4) is 16.9 Å². The number of carbonyl (C=O) groups excluding carboxylic acids is 3. The van der Waals surface area contributed by atoms with Crippen molar-refractivity contribution in [3.63, 3.8) is 0 Å². The summed E-state index contributed by atoms with van der Waals surface area (Å²) in [6.07, 6.45) is 0.113. The maximum atomic E-state index is 13.0. The minimum Gasteiger partial charge on any atom is -0.423 e. The van der Waals surface area contributed by atoms with E-state index in [-0.39, 0.29) is 30.6 Å². The Bertz CT molecular complexity index is 1710. The second kappa shape index (κ2) is 13.4. The number of esters is 1. The molecule has 0 aliphatic carbocycles. The quantitative estimate of drug-likeness (QED) is 0.145. The van der Waals surface area contributed by atoms with Gasteiger partial charge < -0.3 is 15.4 Å². The van der Waals surface area contributed by atoms with Crippen LogP contribution in [-0.4, -0.2) is 17.8 Å². The van der Waals surface area contributed by atoms with Crippen LogP contribution in [0.15, 0.2) is 121 Å². The third kappa shape index (κ3) is 8.01. The van der Waals surface area contributed by atoms with Crippen molar-refractivity contribution in [2.45, 2.75) is 19.9 Å². The van der Waals surface area contributed by atoms with E-state index in [9.17, 15) is 18.8 Å². The van der Waals surface area contributed by atoms with E-state index in [0.717, 1.165) is 16.7 Å². The van der Waals surface area contributed by atoms with Crippen molar-refractivity contribution in [1.82, 2.24) is 5.32 Å². The lowest BCUT2D eigenvalue weighted by Gasteiger charge is -2.09. The van der Waals surface area contributed by atoms with Gasteiger partial charge in [-0.25, -0.2) is 9.18 Å². The SMILES string of the molecule is Cc1ccc(-c2ccc(C(=O)Oc3ccc(CNC(=O)c4ccc(NC(=O)Cc5ccc(F)cc5)cc4)cc3)cc2)cc1. The van der Waals surface area contributed by atoms with E-state index in [1.807, 2.05) is 43.3 Å². The van der Waals surface area contributed by atoms with Crippen molar-refractivity contribution in [2.75, 3.05) is 5.32 Å². The maximum absolute atomic E-state index is 13.0. The number of anilines is 1. The van der Waals surface area contributed by atoms with Gasteiger partial charge in [0.05, 0.1) is 12.0 Å². The molecule has 0 spiro atoms.